The van der Waals surface area contributed by atoms with E-state index in [0.717, 1.165) is 5.56 Å². The average Bonchev–Trinajstić information content (AvgIpc) is 2.29. The normalized spacial score (nSPS) is 12.1. The third-order valence-corrected chi connectivity index (χ3v) is 2.85. The molecule has 1 nitrogen and oxygen atoms in total. The molecule has 1 heteroatoms. The first-order valence-electron chi connectivity index (χ1n) is 5.78. The average molecular weight is 201 g/mol. The maximum atomic E-state index is 8.99. The molecule has 0 heterocycles. The summed E-state index contributed by atoms with van der Waals surface area (Å²) in [6, 6.07) is 10.2. The van der Waals surface area contributed by atoms with E-state index in [2.05, 4.69) is 26.0 Å². The van der Waals surface area contributed by atoms with E-state index in [1.165, 1.54) is 31.2 Å². The van der Waals surface area contributed by atoms with Crippen molar-refractivity contribution >= 4 is 0 Å². The van der Waals surface area contributed by atoms with Crippen molar-refractivity contribution in [3.05, 3.63) is 35.4 Å². The Balaban J connectivity index is 2.65. The van der Waals surface area contributed by atoms with Crippen LogP contribution in [-0.4, -0.2) is 0 Å². The summed E-state index contributed by atoms with van der Waals surface area (Å²) >= 11 is 0. The van der Waals surface area contributed by atoms with Crippen molar-refractivity contribution in [3.63, 3.8) is 0 Å². The van der Waals surface area contributed by atoms with Gasteiger partial charge in [-0.1, -0.05) is 51.3 Å². The molecule has 0 aliphatic heterocycles. The van der Waals surface area contributed by atoms with Gasteiger partial charge >= 0.3 is 0 Å². The fourth-order valence-electron chi connectivity index (χ4n) is 1.88. The van der Waals surface area contributed by atoms with Gasteiger partial charge in [0.1, 0.15) is 0 Å². The van der Waals surface area contributed by atoms with Crippen LogP contribution < -0.4 is 0 Å². The molecule has 0 fully saturated rings. The van der Waals surface area contributed by atoms with Gasteiger partial charge in [0.05, 0.1) is 11.6 Å². The van der Waals surface area contributed by atoms with Crippen LogP contribution in [0.25, 0.3) is 0 Å². The number of hydrogen-bond acceptors (Lipinski definition) is 1. The van der Waals surface area contributed by atoms with Gasteiger partial charge < -0.3 is 0 Å². The highest BCUT2D eigenvalue weighted by Gasteiger charge is 2.08. The molecule has 0 saturated carbocycles. The second kappa shape index (κ2) is 6.24. The molecule has 0 spiro atoms. The van der Waals surface area contributed by atoms with E-state index >= 15 is 0 Å². The molecule has 0 radical (unpaired) electrons. The summed E-state index contributed by atoms with van der Waals surface area (Å²) in [6.45, 7) is 4.43. The lowest BCUT2D eigenvalue weighted by Gasteiger charge is -2.12. The van der Waals surface area contributed by atoms with Crippen LogP contribution in [0.5, 0.6) is 0 Å². The summed E-state index contributed by atoms with van der Waals surface area (Å²) in [7, 11) is 0. The van der Waals surface area contributed by atoms with E-state index < -0.39 is 0 Å². The standard InChI is InChI=1S/C14H19N/c1-3-4-5-8-12(2)14-10-7-6-9-13(14)11-15/h6-7,9-10,12H,3-5,8H2,1-2H3. The van der Waals surface area contributed by atoms with E-state index in [4.69, 9.17) is 5.26 Å². The number of hydrogen-bond donors (Lipinski definition) is 0. The molecule has 0 N–H and O–H groups in total. The second-order valence-electron chi connectivity index (χ2n) is 4.10. The Morgan fingerprint density at radius 2 is 2.00 bits per heavy atom. The van der Waals surface area contributed by atoms with Crippen LogP contribution >= 0.6 is 0 Å². The highest BCUT2D eigenvalue weighted by atomic mass is 14.3. The third kappa shape index (κ3) is 3.40. The van der Waals surface area contributed by atoms with Gasteiger partial charge in [-0.3, -0.25) is 0 Å². The summed E-state index contributed by atoms with van der Waals surface area (Å²) in [5.74, 6) is 0.507. The molecule has 1 aromatic carbocycles. The van der Waals surface area contributed by atoms with Gasteiger partial charge in [0.15, 0.2) is 0 Å². The molecule has 0 aliphatic rings. The Bertz CT molecular complexity index is 335. The SMILES string of the molecule is CCCCCC(C)c1ccccc1C#N. The van der Waals surface area contributed by atoms with Crippen LogP contribution in [0.3, 0.4) is 0 Å². The van der Waals surface area contributed by atoms with E-state index in [-0.39, 0.29) is 0 Å². The minimum atomic E-state index is 0.507. The highest BCUT2D eigenvalue weighted by molar-refractivity contribution is 5.39. The lowest BCUT2D eigenvalue weighted by molar-refractivity contribution is 0.597. The minimum Gasteiger partial charge on any atom is -0.192 e. The predicted molar refractivity (Wildman–Crippen MR) is 63.7 cm³/mol. The molecule has 0 aliphatic carbocycles. The quantitative estimate of drug-likeness (QED) is 0.653. The van der Waals surface area contributed by atoms with Crippen molar-refractivity contribution in [1.29, 1.82) is 5.26 Å². The topological polar surface area (TPSA) is 23.8 Å². The van der Waals surface area contributed by atoms with Crippen LogP contribution in [0.15, 0.2) is 24.3 Å². The van der Waals surface area contributed by atoms with Crippen LogP contribution in [0.2, 0.25) is 0 Å². The van der Waals surface area contributed by atoms with Gasteiger partial charge in [0.25, 0.3) is 0 Å². The van der Waals surface area contributed by atoms with Gasteiger partial charge in [0, 0.05) is 0 Å². The first-order valence-corrected chi connectivity index (χ1v) is 5.78. The van der Waals surface area contributed by atoms with Crippen LogP contribution in [0.1, 0.15) is 56.6 Å². The number of unbranched alkanes of at least 4 members (excludes halogenated alkanes) is 2. The molecular weight excluding hydrogens is 182 g/mol. The summed E-state index contributed by atoms with van der Waals surface area (Å²) in [4.78, 5) is 0. The van der Waals surface area contributed by atoms with Crippen molar-refractivity contribution in [3.8, 4) is 6.07 Å². The summed E-state index contributed by atoms with van der Waals surface area (Å²) < 4.78 is 0. The van der Waals surface area contributed by atoms with E-state index in [1.807, 2.05) is 18.2 Å². The molecule has 1 unspecified atom stereocenters. The van der Waals surface area contributed by atoms with Crippen molar-refractivity contribution in [2.24, 2.45) is 0 Å². The Labute approximate surface area is 92.7 Å². The van der Waals surface area contributed by atoms with Crippen molar-refractivity contribution < 1.29 is 0 Å². The Kier molecular flexibility index (Phi) is 4.90. The van der Waals surface area contributed by atoms with E-state index in [9.17, 15) is 0 Å². The molecule has 1 aromatic rings. The molecule has 15 heavy (non-hydrogen) atoms. The molecular formula is C14H19N. The third-order valence-electron chi connectivity index (χ3n) is 2.85. The lowest BCUT2D eigenvalue weighted by Crippen LogP contribution is -1.96. The zero-order valence-corrected chi connectivity index (χ0v) is 9.66. The maximum Gasteiger partial charge on any atom is 0.0994 e. The van der Waals surface area contributed by atoms with Crippen molar-refractivity contribution in [2.75, 3.05) is 0 Å². The monoisotopic (exact) mass is 201 g/mol. The number of rotatable bonds is 5. The van der Waals surface area contributed by atoms with Gasteiger partial charge in [-0.05, 0) is 24.0 Å². The highest BCUT2D eigenvalue weighted by Crippen LogP contribution is 2.24. The van der Waals surface area contributed by atoms with Crippen molar-refractivity contribution in [1.82, 2.24) is 0 Å². The molecule has 0 saturated heterocycles. The molecule has 0 amide bonds. The Morgan fingerprint density at radius 1 is 1.27 bits per heavy atom. The van der Waals surface area contributed by atoms with Crippen LogP contribution in [0, 0.1) is 11.3 Å². The molecule has 1 rings (SSSR count). The fourth-order valence-corrected chi connectivity index (χ4v) is 1.88. The van der Waals surface area contributed by atoms with E-state index in [1.54, 1.807) is 0 Å². The number of nitriles is 1. The first kappa shape index (κ1) is 11.8. The zero-order chi connectivity index (χ0) is 11.1. The van der Waals surface area contributed by atoms with Crippen LogP contribution in [-0.2, 0) is 0 Å². The molecule has 0 bridgehead atoms. The van der Waals surface area contributed by atoms with Gasteiger partial charge in [-0.25, -0.2) is 0 Å². The summed E-state index contributed by atoms with van der Waals surface area (Å²) in [6.07, 6.45) is 5.00. The Hall–Kier alpha value is -1.29. The summed E-state index contributed by atoms with van der Waals surface area (Å²) in [5, 5.41) is 8.99. The van der Waals surface area contributed by atoms with Gasteiger partial charge in [0.2, 0.25) is 0 Å². The number of nitrogens with zero attached hydrogens (tertiary/aromatic N) is 1. The second-order valence-corrected chi connectivity index (χ2v) is 4.10. The summed E-state index contributed by atoms with van der Waals surface area (Å²) in [5.41, 5.74) is 2.04. The minimum absolute atomic E-state index is 0.507. The maximum absolute atomic E-state index is 8.99. The molecule has 1 atom stereocenters. The number of benzene rings is 1. The van der Waals surface area contributed by atoms with E-state index in [0.29, 0.717) is 5.92 Å². The largest absolute Gasteiger partial charge is 0.192 e. The van der Waals surface area contributed by atoms with Crippen LogP contribution in [0.4, 0.5) is 0 Å². The molecule has 80 valence electrons. The fraction of sp³-hybridized carbons (Fsp3) is 0.500. The van der Waals surface area contributed by atoms with Gasteiger partial charge in [-0.2, -0.15) is 5.26 Å². The predicted octanol–water partition coefficient (Wildman–Crippen LogP) is 4.24. The zero-order valence-electron chi connectivity index (χ0n) is 9.66. The lowest BCUT2D eigenvalue weighted by atomic mass is 9.92. The smallest absolute Gasteiger partial charge is 0.0994 e. The van der Waals surface area contributed by atoms with Crippen molar-refractivity contribution in [2.45, 2.75) is 45.4 Å². The first-order chi connectivity index (χ1) is 7.29. The molecule has 0 aromatic heterocycles. The van der Waals surface area contributed by atoms with Gasteiger partial charge in [-0.15, -0.1) is 0 Å². The Morgan fingerprint density at radius 3 is 2.67 bits per heavy atom.